The molecule has 6 aromatic carbocycles. The summed E-state index contributed by atoms with van der Waals surface area (Å²) >= 11 is 0. The number of ether oxygens (including phenoxy) is 6. The van der Waals surface area contributed by atoms with Crippen molar-refractivity contribution in [1.82, 2.24) is 4.57 Å². The number of aromatic nitrogens is 1. The van der Waals surface area contributed by atoms with Gasteiger partial charge >= 0.3 is 5.97 Å². The van der Waals surface area contributed by atoms with E-state index in [2.05, 4.69) is 96.6 Å². The third-order valence-corrected chi connectivity index (χ3v) is 11.3. The van der Waals surface area contributed by atoms with E-state index in [1.54, 1.807) is 6.08 Å². The summed E-state index contributed by atoms with van der Waals surface area (Å²) < 4.78 is 41.9. The Morgan fingerprint density at radius 2 is 1.13 bits per heavy atom. The van der Waals surface area contributed by atoms with Crippen molar-refractivity contribution in [3.8, 4) is 0 Å². The summed E-state index contributed by atoms with van der Waals surface area (Å²) in [6.45, 7) is 3.91. The first-order valence-electron chi connectivity index (χ1n) is 21.2. The average Bonchev–Trinajstić information content (AvgIpc) is 3.69. The third kappa shape index (κ3) is 10.8. The van der Waals surface area contributed by atoms with Gasteiger partial charge < -0.3 is 33.0 Å². The van der Waals surface area contributed by atoms with Crippen molar-refractivity contribution in [3.05, 3.63) is 221 Å². The van der Waals surface area contributed by atoms with E-state index in [9.17, 15) is 4.79 Å². The molecule has 2 heterocycles. The molecule has 1 aliphatic heterocycles. The molecule has 7 aromatic rings. The lowest BCUT2D eigenvalue weighted by Gasteiger charge is -2.46. The molecule has 8 rings (SSSR count). The van der Waals surface area contributed by atoms with Crippen molar-refractivity contribution < 1.29 is 33.2 Å². The van der Waals surface area contributed by atoms with Crippen molar-refractivity contribution in [1.29, 1.82) is 0 Å². The smallest absolute Gasteiger partial charge is 0.330 e. The number of hydrogen-bond donors (Lipinski definition) is 0. The van der Waals surface area contributed by atoms with Gasteiger partial charge in [0.1, 0.15) is 24.4 Å². The van der Waals surface area contributed by atoms with Crippen LogP contribution in [0.2, 0.25) is 0 Å². The molecule has 5 atom stereocenters. The second-order valence-corrected chi connectivity index (χ2v) is 15.7. The molecule has 1 aliphatic rings. The first-order valence-corrected chi connectivity index (χ1v) is 21.2. The molecule has 316 valence electrons. The number of nitrogens with zero attached hydrogens (tertiary/aromatic N) is 1. The maximum Gasteiger partial charge on any atom is 0.330 e. The Labute approximate surface area is 364 Å². The number of carbonyl (C=O) groups is 1. The van der Waals surface area contributed by atoms with Gasteiger partial charge in [-0.05, 0) is 70.0 Å². The van der Waals surface area contributed by atoms with Gasteiger partial charge in [0.2, 0.25) is 0 Å². The Balaban J connectivity index is 1.19. The fourth-order valence-electron chi connectivity index (χ4n) is 8.12. The van der Waals surface area contributed by atoms with Crippen LogP contribution in [0.15, 0.2) is 176 Å². The van der Waals surface area contributed by atoms with Gasteiger partial charge in [0, 0.05) is 17.7 Å². The summed E-state index contributed by atoms with van der Waals surface area (Å²) in [7, 11) is 1.38. The molecular formula is C54H53NO7. The molecule has 0 N–H and O–H groups in total. The highest BCUT2D eigenvalue weighted by atomic mass is 16.6. The van der Waals surface area contributed by atoms with Gasteiger partial charge in [0.05, 0.1) is 45.7 Å². The molecule has 0 unspecified atom stereocenters. The molecule has 1 saturated heterocycles. The van der Waals surface area contributed by atoms with Crippen LogP contribution in [0.3, 0.4) is 0 Å². The number of methoxy groups -OCH3 is 1. The topological polar surface area (TPSA) is 77.4 Å². The van der Waals surface area contributed by atoms with Crippen molar-refractivity contribution in [2.24, 2.45) is 0 Å². The maximum atomic E-state index is 11.7. The van der Waals surface area contributed by atoms with Crippen molar-refractivity contribution >= 4 is 22.9 Å². The van der Waals surface area contributed by atoms with Crippen LogP contribution in [0.1, 0.15) is 50.7 Å². The quantitative estimate of drug-likeness (QED) is 0.0630. The van der Waals surface area contributed by atoms with E-state index in [1.807, 2.05) is 84.9 Å². The van der Waals surface area contributed by atoms with Gasteiger partial charge in [0.25, 0.3) is 0 Å². The van der Waals surface area contributed by atoms with Crippen LogP contribution in [0, 0.1) is 6.92 Å². The molecule has 8 heteroatoms. The summed E-state index contributed by atoms with van der Waals surface area (Å²) in [6, 6.07) is 55.4. The van der Waals surface area contributed by atoms with E-state index < -0.39 is 30.6 Å². The van der Waals surface area contributed by atoms with Crippen LogP contribution in [0.25, 0.3) is 17.0 Å². The molecule has 0 saturated carbocycles. The lowest BCUT2D eigenvalue weighted by molar-refractivity contribution is -0.289. The highest BCUT2D eigenvalue weighted by Crippen LogP contribution is 2.39. The lowest BCUT2D eigenvalue weighted by Crippen LogP contribution is -2.59. The van der Waals surface area contributed by atoms with Crippen LogP contribution in [0.5, 0.6) is 0 Å². The van der Waals surface area contributed by atoms with Crippen LogP contribution in [-0.2, 0) is 66.1 Å². The maximum absolute atomic E-state index is 11.7. The standard InChI is InChI=1S/C54H53NO7/c1-39-16-15-25-47-50(39)46(32-41-28-26-40(27-29-41)30-31-49(56)57-2)33-55(47)54-53(61-37-45-23-13-6-14-24-45)52(60-36-44-21-11-5-12-22-44)51(59-35-43-19-9-4-10-20-43)48(62-54)38-58-34-42-17-7-3-8-18-42/h3-31,33,48,51-54H,32,34-38H2,1-2H3/t48-,51-,52+,53-,54-/m1/s1. The molecule has 8 nitrogen and oxygen atoms in total. The molecule has 0 amide bonds. The Morgan fingerprint density at radius 3 is 1.69 bits per heavy atom. The zero-order chi connectivity index (χ0) is 42.5. The minimum Gasteiger partial charge on any atom is -0.466 e. The number of hydrogen-bond acceptors (Lipinski definition) is 7. The zero-order valence-electron chi connectivity index (χ0n) is 35.3. The van der Waals surface area contributed by atoms with Crippen LogP contribution in [-0.4, -0.2) is 48.7 Å². The summed E-state index contributed by atoms with van der Waals surface area (Å²) in [5, 5.41) is 1.16. The molecule has 0 bridgehead atoms. The summed E-state index contributed by atoms with van der Waals surface area (Å²) in [5.74, 6) is -0.389. The first-order chi connectivity index (χ1) is 30.5. The van der Waals surface area contributed by atoms with Crippen molar-refractivity contribution in [2.45, 2.75) is 70.4 Å². The van der Waals surface area contributed by atoms with Gasteiger partial charge in [-0.1, -0.05) is 158 Å². The van der Waals surface area contributed by atoms with E-state index in [4.69, 9.17) is 28.4 Å². The van der Waals surface area contributed by atoms with Gasteiger partial charge in [-0.3, -0.25) is 0 Å². The SMILES string of the molecule is COC(=O)C=Cc1ccc(Cc2cn([C@@H]3O[C@H](COCc4ccccc4)[C@@H](OCc4ccccc4)[C@H](OCc4ccccc4)[C@H]3OCc3ccccc3)c3cccc(C)c23)cc1. The number of aryl methyl sites for hydroxylation is 1. The number of esters is 1. The summed E-state index contributed by atoms with van der Waals surface area (Å²) in [5.41, 5.74) is 9.61. The highest BCUT2D eigenvalue weighted by Gasteiger charge is 2.49. The predicted molar refractivity (Wildman–Crippen MR) is 242 cm³/mol. The minimum atomic E-state index is -0.620. The summed E-state index contributed by atoms with van der Waals surface area (Å²) in [6.07, 6.45) is 3.21. The molecule has 62 heavy (non-hydrogen) atoms. The Hall–Kier alpha value is -6.13. The average molecular weight is 828 g/mol. The fourth-order valence-corrected chi connectivity index (χ4v) is 8.12. The minimum absolute atomic E-state index is 0.267. The zero-order valence-corrected chi connectivity index (χ0v) is 35.3. The largest absolute Gasteiger partial charge is 0.466 e. The molecule has 1 aromatic heterocycles. The van der Waals surface area contributed by atoms with E-state index in [-0.39, 0.29) is 12.6 Å². The van der Waals surface area contributed by atoms with Gasteiger partial charge in [0.15, 0.2) is 6.23 Å². The van der Waals surface area contributed by atoms with Crippen LogP contribution in [0.4, 0.5) is 0 Å². The van der Waals surface area contributed by atoms with Crippen molar-refractivity contribution in [3.63, 3.8) is 0 Å². The molecular weight excluding hydrogens is 775 g/mol. The van der Waals surface area contributed by atoms with Gasteiger partial charge in [-0.15, -0.1) is 0 Å². The molecule has 0 aliphatic carbocycles. The van der Waals surface area contributed by atoms with Crippen LogP contribution >= 0.6 is 0 Å². The summed E-state index contributed by atoms with van der Waals surface area (Å²) in [4.78, 5) is 11.7. The van der Waals surface area contributed by atoms with E-state index in [0.29, 0.717) is 32.8 Å². The van der Waals surface area contributed by atoms with Gasteiger partial charge in [-0.25, -0.2) is 4.79 Å². The fraction of sp³-hybridized carbons (Fsp3) is 0.241. The Kier molecular flexibility index (Phi) is 14.5. The third-order valence-electron chi connectivity index (χ3n) is 11.3. The number of fused-ring (bicyclic) bond motifs is 1. The number of rotatable bonds is 18. The van der Waals surface area contributed by atoms with E-state index in [1.165, 1.54) is 13.2 Å². The normalized spacial score (nSPS) is 18.9. The highest BCUT2D eigenvalue weighted by molar-refractivity contribution is 5.88. The van der Waals surface area contributed by atoms with Crippen LogP contribution < -0.4 is 0 Å². The molecule has 0 radical (unpaired) electrons. The monoisotopic (exact) mass is 827 g/mol. The van der Waals surface area contributed by atoms with Gasteiger partial charge in [-0.2, -0.15) is 0 Å². The Bertz CT molecular complexity index is 2490. The molecule has 1 fully saturated rings. The first kappa shape index (κ1) is 42.6. The van der Waals surface area contributed by atoms with E-state index >= 15 is 0 Å². The lowest BCUT2D eigenvalue weighted by atomic mass is 9.96. The van der Waals surface area contributed by atoms with E-state index in [0.717, 1.165) is 55.4 Å². The predicted octanol–water partition coefficient (Wildman–Crippen LogP) is 10.6. The second kappa shape index (κ2) is 21.1. The second-order valence-electron chi connectivity index (χ2n) is 15.7. The molecule has 0 spiro atoms. The number of benzene rings is 6. The number of carbonyl (C=O) groups excluding carboxylic acids is 1. The van der Waals surface area contributed by atoms with Crippen molar-refractivity contribution in [2.75, 3.05) is 13.7 Å². The Morgan fingerprint density at radius 1 is 0.597 bits per heavy atom.